The van der Waals surface area contributed by atoms with Crippen LogP contribution in [0.25, 0.3) is 10.9 Å². The topological polar surface area (TPSA) is 82.8 Å². The van der Waals surface area contributed by atoms with Gasteiger partial charge in [-0.2, -0.15) is 9.78 Å². The summed E-state index contributed by atoms with van der Waals surface area (Å²) >= 11 is 3.40. The molecule has 1 heterocycles. The summed E-state index contributed by atoms with van der Waals surface area (Å²) in [5.41, 5.74) is 1.01. The van der Waals surface area contributed by atoms with E-state index in [2.05, 4.69) is 26.0 Å². The number of benzene rings is 2. The first-order chi connectivity index (χ1) is 14.4. The summed E-state index contributed by atoms with van der Waals surface area (Å²) in [4.78, 5) is 29.4. The molecule has 0 unspecified atom stereocenters. The van der Waals surface area contributed by atoms with Gasteiger partial charge >= 0.3 is 5.97 Å². The molecule has 0 aliphatic carbocycles. The Morgan fingerprint density at radius 2 is 2.07 bits per heavy atom. The molecule has 156 valence electrons. The van der Waals surface area contributed by atoms with Crippen molar-refractivity contribution in [3.63, 3.8) is 0 Å². The van der Waals surface area contributed by atoms with Crippen LogP contribution < -0.4 is 10.3 Å². The Morgan fingerprint density at radius 3 is 2.80 bits per heavy atom. The van der Waals surface area contributed by atoms with Crippen LogP contribution in [0.3, 0.4) is 0 Å². The number of methoxy groups -OCH3 is 1. The fourth-order valence-corrected chi connectivity index (χ4v) is 3.28. The molecule has 0 radical (unpaired) electrons. The van der Waals surface area contributed by atoms with Gasteiger partial charge in [-0.1, -0.05) is 35.0 Å². The molecule has 0 spiro atoms. The highest BCUT2D eigenvalue weighted by atomic mass is 79.9. The minimum Gasteiger partial charge on any atom is -0.478 e. The Hall–Kier alpha value is -3.00. The molecular formula is C22H22BrN3O4. The van der Waals surface area contributed by atoms with Gasteiger partial charge in [0.1, 0.15) is 11.6 Å². The zero-order valence-electron chi connectivity index (χ0n) is 17.0. The molecule has 30 heavy (non-hydrogen) atoms. The summed E-state index contributed by atoms with van der Waals surface area (Å²) in [6, 6.07) is 12.5. The Balaban J connectivity index is 2.04. The molecule has 1 aromatic heterocycles. The Kier molecular flexibility index (Phi) is 6.99. The number of aromatic nitrogens is 2. The highest BCUT2D eigenvalue weighted by molar-refractivity contribution is 9.10. The first-order valence-corrected chi connectivity index (χ1v) is 10.3. The maximum absolute atomic E-state index is 13.1. The number of carbonyl (C=O) groups is 1. The van der Waals surface area contributed by atoms with E-state index >= 15 is 0 Å². The smallest absolute Gasteiger partial charge is 0.346 e. The van der Waals surface area contributed by atoms with E-state index in [4.69, 9.17) is 9.47 Å². The van der Waals surface area contributed by atoms with Gasteiger partial charge in [0.05, 0.1) is 24.2 Å². The average molecular weight is 472 g/mol. The lowest BCUT2D eigenvalue weighted by Gasteiger charge is -2.14. The Labute approximate surface area is 182 Å². The van der Waals surface area contributed by atoms with Crippen molar-refractivity contribution in [2.24, 2.45) is 5.10 Å². The molecule has 0 aliphatic heterocycles. The van der Waals surface area contributed by atoms with Gasteiger partial charge in [-0.3, -0.25) is 4.79 Å². The molecule has 0 amide bonds. The largest absolute Gasteiger partial charge is 0.478 e. The van der Waals surface area contributed by atoms with E-state index in [0.29, 0.717) is 34.5 Å². The second-order valence-corrected chi connectivity index (χ2v) is 7.54. The first kappa shape index (κ1) is 21.7. The molecule has 7 nitrogen and oxygen atoms in total. The van der Waals surface area contributed by atoms with Gasteiger partial charge in [0, 0.05) is 16.5 Å². The number of hydrogen-bond acceptors (Lipinski definition) is 6. The zero-order valence-corrected chi connectivity index (χ0v) is 18.5. The third-order valence-corrected chi connectivity index (χ3v) is 4.91. The van der Waals surface area contributed by atoms with E-state index in [1.165, 1.54) is 18.0 Å². The molecule has 0 saturated carbocycles. The highest BCUT2D eigenvalue weighted by Crippen LogP contribution is 2.19. The van der Waals surface area contributed by atoms with Crippen LogP contribution in [0.15, 0.2) is 56.8 Å². The summed E-state index contributed by atoms with van der Waals surface area (Å²) in [5, 5.41) is 4.89. The minimum atomic E-state index is -0.775. The number of carbonyl (C=O) groups excluding carboxylic acids is 1. The van der Waals surface area contributed by atoms with E-state index < -0.39 is 12.1 Å². The fraction of sp³-hybridized carbons (Fsp3) is 0.273. The monoisotopic (exact) mass is 471 g/mol. The third-order valence-electron chi connectivity index (χ3n) is 4.42. The normalized spacial score (nSPS) is 12.3. The quantitative estimate of drug-likeness (QED) is 0.385. The SMILES string of the molecule is CCCc1nc2ccc(Br)cc2c(=O)n1N=Cc1ccccc1O[C@@H](C)C(=O)OC. The second kappa shape index (κ2) is 9.67. The maximum Gasteiger partial charge on any atom is 0.346 e. The summed E-state index contributed by atoms with van der Waals surface area (Å²) in [7, 11) is 1.31. The third kappa shape index (κ3) is 4.76. The summed E-state index contributed by atoms with van der Waals surface area (Å²) < 4.78 is 12.5. The van der Waals surface area contributed by atoms with Crippen LogP contribution in [0.5, 0.6) is 5.75 Å². The van der Waals surface area contributed by atoms with Gasteiger partial charge < -0.3 is 9.47 Å². The first-order valence-electron chi connectivity index (χ1n) is 9.53. The van der Waals surface area contributed by atoms with Crippen molar-refractivity contribution in [3.8, 4) is 5.75 Å². The van der Waals surface area contributed by atoms with Crippen LogP contribution in [0.4, 0.5) is 0 Å². The van der Waals surface area contributed by atoms with Gasteiger partial charge in [-0.05, 0) is 43.7 Å². The van der Waals surface area contributed by atoms with Crippen molar-refractivity contribution in [2.75, 3.05) is 7.11 Å². The number of rotatable bonds is 7. The lowest BCUT2D eigenvalue weighted by atomic mass is 10.2. The molecule has 0 saturated heterocycles. The molecular weight excluding hydrogens is 450 g/mol. The van der Waals surface area contributed by atoms with Gasteiger partial charge in [0.25, 0.3) is 5.56 Å². The predicted octanol–water partition coefficient (Wildman–Crippen LogP) is 3.93. The number of hydrogen-bond donors (Lipinski definition) is 0. The molecule has 0 bridgehead atoms. The van der Waals surface area contributed by atoms with Gasteiger partial charge in [0.15, 0.2) is 6.10 Å². The van der Waals surface area contributed by atoms with Crippen molar-refractivity contribution in [3.05, 3.63) is 68.7 Å². The number of nitrogens with zero attached hydrogens (tertiary/aromatic N) is 3. The van der Waals surface area contributed by atoms with Crippen molar-refractivity contribution in [2.45, 2.75) is 32.8 Å². The Morgan fingerprint density at radius 1 is 1.30 bits per heavy atom. The molecule has 1 atom stereocenters. The summed E-state index contributed by atoms with van der Waals surface area (Å²) in [5.74, 6) is 0.558. The molecule has 0 aliphatic rings. The number of ether oxygens (including phenoxy) is 2. The van der Waals surface area contributed by atoms with Crippen LogP contribution in [-0.4, -0.2) is 35.1 Å². The number of esters is 1. The van der Waals surface area contributed by atoms with Crippen LogP contribution in [0, 0.1) is 0 Å². The Bertz CT molecular complexity index is 1160. The summed E-state index contributed by atoms with van der Waals surface area (Å²) in [6.07, 6.45) is 2.18. The number of halogens is 1. The molecule has 3 aromatic rings. The number of fused-ring (bicyclic) bond motifs is 1. The minimum absolute atomic E-state index is 0.248. The van der Waals surface area contributed by atoms with E-state index in [1.807, 2.05) is 25.1 Å². The van der Waals surface area contributed by atoms with Crippen LogP contribution in [0.2, 0.25) is 0 Å². The van der Waals surface area contributed by atoms with Crippen molar-refractivity contribution < 1.29 is 14.3 Å². The highest BCUT2D eigenvalue weighted by Gasteiger charge is 2.16. The van der Waals surface area contributed by atoms with Crippen molar-refractivity contribution >= 4 is 39.0 Å². The van der Waals surface area contributed by atoms with E-state index in [0.717, 1.165) is 10.9 Å². The molecule has 3 rings (SSSR count). The maximum atomic E-state index is 13.1. The molecule has 2 aromatic carbocycles. The average Bonchev–Trinajstić information content (AvgIpc) is 2.74. The van der Waals surface area contributed by atoms with Gasteiger partial charge in [-0.15, -0.1) is 0 Å². The van der Waals surface area contributed by atoms with Crippen molar-refractivity contribution in [1.82, 2.24) is 9.66 Å². The van der Waals surface area contributed by atoms with Gasteiger partial charge in [-0.25, -0.2) is 9.78 Å². The molecule has 0 N–H and O–H groups in total. The fourth-order valence-electron chi connectivity index (χ4n) is 2.92. The standard InChI is InChI=1S/C22H22BrN3O4/c1-4-7-20-25-18-11-10-16(23)12-17(18)21(27)26(20)24-13-15-8-5-6-9-19(15)30-14(2)22(28)29-3/h5-6,8-14H,4,7H2,1-3H3/t14-/m0/s1. The predicted molar refractivity (Wildman–Crippen MR) is 119 cm³/mol. The van der Waals surface area contributed by atoms with E-state index in [-0.39, 0.29) is 5.56 Å². The van der Waals surface area contributed by atoms with E-state index in [9.17, 15) is 9.59 Å². The number of para-hydroxylation sites is 1. The number of aryl methyl sites for hydroxylation is 1. The summed E-state index contributed by atoms with van der Waals surface area (Å²) in [6.45, 7) is 3.62. The lowest BCUT2D eigenvalue weighted by Crippen LogP contribution is -2.25. The van der Waals surface area contributed by atoms with Gasteiger partial charge in [0.2, 0.25) is 0 Å². The second-order valence-electron chi connectivity index (χ2n) is 6.62. The van der Waals surface area contributed by atoms with E-state index in [1.54, 1.807) is 31.2 Å². The molecule has 8 heteroatoms. The van der Waals surface area contributed by atoms with Crippen LogP contribution in [0.1, 0.15) is 31.7 Å². The zero-order chi connectivity index (χ0) is 21.7. The van der Waals surface area contributed by atoms with Crippen LogP contribution in [-0.2, 0) is 16.0 Å². The van der Waals surface area contributed by atoms with Crippen LogP contribution >= 0.6 is 15.9 Å². The molecule has 0 fully saturated rings. The lowest BCUT2D eigenvalue weighted by molar-refractivity contribution is -0.147. The van der Waals surface area contributed by atoms with Crippen molar-refractivity contribution in [1.29, 1.82) is 0 Å².